The Hall–Kier alpha value is -1.62. The van der Waals surface area contributed by atoms with E-state index in [0.717, 1.165) is 19.4 Å². The van der Waals surface area contributed by atoms with Crippen molar-refractivity contribution < 1.29 is 4.79 Å². The summed E-state index contributed by atoms with van der Waals surface area (Å²) in [7, 11) is 0. The molecule has 0 spiro atoms. The topological polar surface area (TPSA) is 79.2 Å². The smallest absolute Gasteiger partial charge is 0.255 e. The Morgan fingerprint density at radius 3 is 3.00 bits per heavy atom. The van der Waals surface area contributed by atoms with Gasteiger partial charge in [-0.25, -0.2) is 0 Å². The lowest BCUT2D eigenvalue weighted by Crippen LogP contribution is -2.42. The van der Waals surface area contributed by atoms with Crippen LogP contribution in [0.1, 0.15) is 23.2 Å². The van der Waals surface area contributed by atoms with Gasteiger partial charge in [0.25, 0.3) is 5.91 Å². The molecule has 0 saturated carbocycles. The normalized spacial score (nSPS) is 20.3. The highest BCUT2D eigenvalue weighted by atomic mass is 16.2. The number of carbonyl (C=O) groups is 1. The maximum absolute atomic E-state index is 12.1. The highest BCUT2D eigenvalue weighted by Crippen LogP contribution is 2.17. The molecule has 3 N–H and O–H groups in total. The second-order valence-corrected chi connectivity index (χ2v) is 4.44. The number of carbonyl (C=O) groups excluding carboxylic acids is 1. The first kappa shape index (κ1) is 11.9. The number of hydrogen-bond acceptors (Lipinski definition) is 3. The van der Waals surface area contributed by atoms with Crippen molar-refractivity contribution in [1.29, 1.82) is 0 Å². The average Bonchev–Trinajstić information content (AvgIpc) is 2.39. The van der Waals surface area contributed by atoms with Crippen LogP contribution in [0, 0.1) is 5.92 Å². The van der Waals surface area contributed by atoms with Gasteiger partial charge in [-0.15, -0.1) is 0 Å². The van der Waals surface area contributed by atoms with Crippen LogP contribution in [0.25, 0.3) is 0 Å². The number of rotatable bonds is 2. The van der Waals surface area contributed by atoms with E-state index in [4.69, 9.17) is 5.73 Å². The van der Waals surface area contributed by atoms with Crippen molar-refractivity contribution in [2.75, 3.05) is 19.6 Å². The highest BCUT2D eigenvalue weighted by Gasteiger charge is 2.23. The molecule has 5 nitrogen and oxygen atoms in total. The molecule has 1 saturated heterocycles. The van der Waals surface area contributed by atoms with Crippen LogP contribution in [-0.4, -0.2) is 35.4 Å². The molecule has 0 aliphatic carbocycles. The number of hydrogen-bond donors (Lipinski definition) is 2. The van der Waals surface area contributed by atoms with Crippen LogP contribution >= 0.6 is 0 Å². The van der Waals surface area contributed by atoms with Gasteiger partial charge in [-0.1, -0.05) is 0 Å². The zero-order valence-corrected chi connectivity index (χ0v) is 9.69. The minimum atomic E-state index is -0.194. The number of nitrogens with two attached hydrogens (primary N) is 1. The van der Waals surface area contributed by atoms with Gasteiger partial charge in [0.15, 0.2) is 0 Å². The summed E-state index contributed by atoms with van der Waals surface area (Å²) in [5.74, 6) is 0.370. The second kappa shape index (κ2) is 5.14. The lowest BCUT2D eigenvalue weighted by atomic mass is 9.98. The summed E-state index contributed by atoms with van der Waals surface area (Å²) in [5.41, 5.74) is 5.97. The van der Waals surface area contributed by atoms with E-state index in [1.54, 1.807) is 6.07 Å². The van der Waals surface area contributed by atoms with E-state index in [1.807, 2.05) is 4.90 Å². The predicted molar refractivity (Wildman–Crippen MR) is 64.7 cm³/mol. The maximum Gasteiger partial charge on any atom is 0.255 e. The standard InChI is InChI=1S/C12H17N3O2/c13-6-9-2-1-5-15(8-9)12(17)10-3-4-11(16)14-7-10/h3-4,7,9H,1-2,5-6,8,13H2,(H,14,16)/t9-/m0/s1. The van der Waals surface area contributed by atoms with Gasteiger partial charge in [0.2, 0.25) is 5.56 Å². The van der Waals surface area contributed by atoms with Gasteiger partial charge in [-0.2, -0.15) is 0 Å². The fourth-order valence-corrected chi connectivity index (χ4v) is 2.17. The Labute approximate surface area is 99.6 Å². The van der Waals surface area contributed by atoms with E-state index in [2.05, 4.69) is 4.98 Å². The van der Waals surface area contributed by atoms with Gasteiger partial charge in [0.1, 0.15) is 0 Å². The van der Waals surface area contributed by atoms with E-state index >= 15 is 0 Å². The first-order valence-electron chi connectivity index (χ1n) is 5.89. The molecule has 2 heterocycles. The minimum absolute atomic E-state index is 0.0283. The molecular formula is C12H17N3O2. The first-order valence-corrected chi connectivity index (χ1v) is 5.89. The predicted octanol–water partition coefficient (Wildman–Crippen LogP) is 0.186. The number of likely N-dealkylation sites (tertiary alicyclic amines) is 1. The fraction of sp³-hybridized carbons (Fsp3) is 0.500. The van der Waals surface area contributed by atoms with Crippen molar-refractivity contribution in [3.8, 4) is 0 Å². The summed E-state index contributed by atoms with van der Waals surface area (Å²) in [6.07, 6.45) is 3.56. The number of pyridine rings is 1. The number of amides is 1. The van der Waals surface area contributed by atoms with E-state index in [-0.39, 0.29) is 11.5 Å². The molecular weight excluding hydrogens is 218 g/mol. The third-order valence-corrected chi connectivity index (χ3v) is 3.17. The lowest BCUT2D eigenvalue weighted by molar-refractivity contribution is 0.0677. The van der Waals surface area contributed by atoms with Crippen molar-refractivity contribution in [2.24, 2.45) is 11.7 Å². The van der Waals surface area contributed by atoms with Crippen LogP contribution in [0.15, 0.2) is 23.1 Å². The SMILES string of the molecule is NC[C@@H]1CCCN(C(=O)c2ccc(=O)[nH]c2)C1. The number of nitrogens with zero attached hydrogens (tertiary/aromatic N) is 1. The van der Waals surface area contributed by atoms with Crippen LogP contribution in [0.5, 0.6) is 0 Å². The lowest BCUT2D eigenvalue weighted by Gasteiger charge is -2.32. The molecule has 2 rings (SSSR count). The van der Waals surface area contributed by atoms with Crippen molar-refractivity contribution in [3.05, 3.63) is 34.2 Å². The maximum atomic E-state index is 12.1. The molecule has 1 aromatic rings. The molecule has 1 aliphatic heterocycles. The van der Waals surface area contributed by atoms with Gasteiger partial charge >= 0.3 is 0 Å². The van der Waals surface area contributed by atoms with Crippen LogP contribution in [0.4, 0.5) is 0 Å². The second-order valence-electron chi connectivity index (χ2n) is 4.44. The van der Waals surface area contributed by atoms with Gasteiger partial charge in [-0.3, -0.25) is 9.59 Å². The molecule has 0 bridgehead atoms. The van der Waals surface area contributed by atoms with Gasteiger partial charge < -0.3 is 15.6 Å². The zero-order chi connectivity index (χ0) is 12.3. The minimum Gasteiger partial charge on any atom is -0.338 e. The molecule has 1 atom stereocenters. The summed E-state index contributed by atoms with van der Waals surface area (Å²) < 4.78 is 0. The Morgan fingerprint density at radius 1 is 1.53 bits per heavy atom. The van der Waals surface area contributed by atoms with Crippen molar-refractivity contribution in [3.63, 3.8) is 0 Å². The molecule has 17 heavy (non-hydrogen) atoms. The summed E-state index contributed by atoms with van der Waals surface area (Å²) in [6.45, 7) is 2.11. The molecule has 1 fully saturated rings. The zero-order valence-electron chi connectivity index (χ0n) is 9.69. The summed E-state index contributed by atoms with van der Waals surface area (Å²) in [5, 5.41) is 0. The first-order chi connectivity index (χ1) is 8.20. The van der Waals surface area contributed by atoms with Crippen LogP contribution in [0.2, 0.25) is 0 Å². The molecule has 0 radical (unpaired) electrons. The van der Waals surface area contributed by atoms with E-state index in [0.29, 0.717) is 24.6 Å². The summed E-state index contributed by atoms with van der Waals surface area (Å²) in [6, 6.07) is 2.94. The van der Waals surface area contributed by atoms with Crippen LogP contribution in [-0.2, 0) is 0 Å². The van der Waals surface area contributed by atoms with Gasteiger partial charge in [-0.05, 0) is 31.4 Å². The van der Waals surface area contributed by atoms with Crippen molar-refractivity contribution in [1.82, 2.24) is 9.88 Å². The number of H-pyrrole nitrogens is 1. The Bertz CT molecular complexity index is 435. The summed E-state index contributed by atoms with van der Waals surface area (Å²) in [4.78, 5) is 27.4. The van der Waals surface area contributed by atoms with E-state index < -0.39 is 0 Å². The fourth-order valence-electron chi connectivity index (χ4n) is 2.17. The Kier molecular flexibility index (Phi) is 3.58. The largest absolute Gasteiger partial charge is 0.338 e. The van der Waals surface area contributed by atoms with E-state index in [1.165, 1.54) is 12.3 Å². The van der Waals surface area contributed by atoms with Crippen LogP contribution < -0.4 is 11.3 Å². The molecule has 1 amide bonds. The van der Waals surface area contributed by atoms with Crippen LogP contribution in [0.3, 0.4) is 0 Å². The highest BCUT2D eigenvalue weighted by molar-refractivity contribution is 5.93. The molecule has 5 heteroatoms. The Morgan fingerprint density at radius 2 is 2.35 bits per heavy atom. The van der Waals surface area contributed by atoms with Crippen molar-refractivity contribution in [2.45, 2.75) is 12.8 Å². The van der Waals surface area contributed by atoms with Gasteiger partial charge in [0.05, 0.1) is 5.56 Å². The molecule has 0 aromatic carbocycles. The number of nitrogens with one attached hydrogen (secondary N) is 1. The number of aromatic nitrogens is 1. The monoisotopic (exact) mass is 235 g/mol. The summed E-state index contributed by atoms with van der Waals surface area (Å²) >= 11 is 0. The van der Waals surface area contributed by atoms with E-state index in [9.17, 15) is 9.59 Å². The quantitative estimate of drug-likeness (QED) is 0.767. The number of aromatic amines is 1. The third-order valence-electron chi connectivity index (χ3n) is 3.17. The molecule has 92 valence electrons. The van der Waals surface area contributed by atoms with Gasteiger partial charge in [0, 0.05) is 25.4 Å². The Balaban J connectivity index is 2.09. The van der Waals surface area contributed by atoms with Crippen molar-refractivity contribution >= 4 is 5.91 Å². The molecule has 1 aliphatic rings. The number of piperidine rings is 1. The molecule has 1 aromatic heterocycles. The third kappa shape index (κ3) is 2.74. The molecule has 0 unspecified atom stereocenters. The average molecular weight is 235 g/mol.